The zero-order chi connectivity index (χ0) is 13.5. The molecule has 1 aromatic heterocycles. The topological polar surface area (TPSA) is 141 Å². The van der Waals surface area contributed by atoms with Gasteiger partial charge in [0, 0.05) is 6.54 Å². The van der Waals surface area contributed by atoms with E-state index >= 15 is 0 Å². The number of primary amides is 1. The minimum Gasteiger partial charge on any atom is -0.477 e. The Morgan fingerprint density at radius 3 is 2.78 bits per heavy atom. The first-order valence-electron chi connectivity index (χ1n) is 5.10. The zero-order valence-electron chi connectivity index (χ0n) is 9.55. The minimum atomic E-state index is -1.14. The molecule has 98 valence electrons. The van der Waals surface area contributed by atoms with E-state index in [2.05, 4.69) is 10.3 Å². The fourth-order valence-corrected chi connectivity index (χ4v) is 1.14. The van der Waals surface area contributed by atoms with Gasteiger partial charge in [0.2, 0.25) is 5.91 Å². The molecule has 0 aromatic carbocycles. The molecule has 0 bridgehead atoms. The Morgan fingerprint density at radius 1 is 1.44 bits per heavy atom. The number of carboxylic acid groups (broad SMARTS) is 1. The molecule has 0 atom stereocenters. The van der Waals surface area contributed by atoms with Crippen LogP contribution in [0, 0.1) is 0 Å². The minimum absolute atomic E-state index is 0.107. The van der Waals surface area contributed by atoms with Crippen molar-refractivity contribution in [2.45, 2.75) is 0 Å². The molecule has 0 radical (unpaired) electrons. The van der Waals surface area contributed by atoms with Crippen LogP contribution in [0.1, 0.15) is 10.5 Å². The number of rotatable bonds is 7. The number of carbonyl (C=O) groups is 2. The summed E-state index contributed by atoms with van der Waals surface area (Å²) in [5.74, 6) is -1.43. The summed E-state index contributed by atoms with van der Waals surface area (Å²) in [5.41, 5.74) is 10.7. The number of nitrogens with two attached hydrogens (primary N) is 2. The highest BCUT2D eigenvalue weighted by Gasteiger charge is 2.08. The monoisotopic (exact) mass is 254 g/mol. The van der Waals surface area contributed by atoms with E-state index < -0.39 is 11.9 Å². The molecule has 8 nitrogen and oxygen atoms in total. The number of aromatic carboxylic acids is 1. The Bertz CT molecular complexity index is 450. The predicted octanol–water partition coefficient (Wildman–Crippen LogP) is -0.724. The third kappa shape index (κ3) is 4.26. The second kappa shape index (κ2) is 6.40. The predicted molar refractivity (Wildman–Crippen MR) is 64.1 cm³/mol. The van der Waals surface area contributed by atoms with E-state index in [1.165, 1.54) is 12.1 Å². The Kier molecular flexibility index (Phi) is 4.88. The smallest absolute Gasteiger partial charge is 0.354 e. The van der Waals surface area contributed by atoms with Gasteiger partial charge in [0.25, 0.3) is 0 Å². The molecule has 8 heteroatoms. The molecule has 0 aliphatic rings. The van der Waals surface area contributed by atoms with Crippen molar-refractivity contribution in [3.63, 3.8) is 0 Å². The number of carbonyl (C=O) groups excluding carboxylic acids is 1. The Balaban J connectivity index is 2.48. The van der Waals surface area contributed by atoms with Gasteiger partial charge in [-0.05, 0) is 12.1 Å². The van der Waals surface area contributed by atoms with Gasteiger partial charge in [-0.15, -0.1) is 0 Å². The lowest BCUT2D eigenvalue weighted by molar-refractivity contribution is -0.122. The normalized spacial score (nSPS) is 10.0. The van der Waals surface area contributed by atoms with Crippen molar-refractivity contribution < 1.29 is 19.4 Å². The van der Waals surface area contributed by atoms with E-state index in [0.29, 0.717) is 12.2 Å². The number of aromatic nitrogens is 1. The number of nitrogens with zero attached hydrogens (tertiary/aromatic N) is 1. The molecule has 0 saturated carbocycles. The molecule has 1 rings (SSSR count). The maximum atomic E-state index is 10.7. The second-order valence-corrected chi connectivity index (χ2v) is 3.39. The number of carboxylic acids is 1. The van der Waals surface area contributed by atoms with Crippen LogP contribution in [0.15, 0.2) is 12.1 Å². The molecular formula is C10H14N4O4. The van der Waals surface area contributed by atoms with Gasteiger partial charge in [0.1, 0.15) is 12.4 Å². The third-order valence-electron chi connectivity index (χ3n) is 1.93. The van der Waals surface area contributed by atoms with Gasteiger partial charge in [0.05, 0.1) is 12.3 Å². The molecule has 0 spiro atoms. The van der Waals surface area contributed by atoms with Crippen LogP contribution < -0.4 is 16.8 Å². The fraction of sp³-hybridized carbons (Fsp3) is 0.300. The number of anilines is 2. The van der Waals surface area contributed by atoms with Gasteiger partial charge in [-0.25, -0.2) is 9.78 Å². The molecule has 1 heterocycles. The van der Waals surface area contributed by atoms with E-state index in [4.69, 9.17) is 21.3 Å². The summed E-state index contributed by atoms with van der Waals surface area (Å²) >= 11 is 0. The average molecular weight is 254 g/mol. The average Bonchev–Trinajstić information content (AvgIpc) is 2.30. The van der Waals surface area contributed by atoms with Gasteiger partial charge >= 0.3 is 5.97 Å². The molecule has 6 N–H and O–H groups in total. The summed E-state index contributed by atoms with van der Waals surface area (Å²) in [7, 11) is 0. The number of amides is 1. The summed E-state index contributed by atoms with van der Waals surface area (Å²) in [6.45, 7) is 0.384. The van der Waals surface area contributed by atoms with Crippen molar-refractivity contribution >= 4 is 23.4 Å². The van der Waals surface area contributed by atoms with Crippen LogP contribution in [0.4, 0.5) is 11.5 Å². The van der Waals surface area contributed by atoms with Crippen molar-refractivity contribution in [1.82, 2.24) is 4.98 Å². The first-order chi connectivity index (χ1) is 8.50. The number of ether oxygens (including phenoxy) is 1. The standard InChI is InChI=1S/C10H14N4O4/c11-6-1-2-7(10(16)17)14-9(6)13-3-4-18-5-8(12)15/h1-2H,3-5,11H2,(H2,12,15)(H,13,14)(H,16,17). The van der Waals surface area contributed by atoms with Crippen LogP contribution in [-0.4, -0.2) is 41.7 Å². The molecule has 0 saturated heterocycles. The largest absolute Gasteiger partial charge is 0.477 e. The number of hydrogen-bond acceptors (Lipinski definition) is 6. The molecule has 0 aliphatic heterocycles. The second-order valence-electron chi connectivity index (χ2n) is 3.39. The summed E-state index contributed by atoms with van der Waals surface area (Å²) in [6.07, 6.45) is 0. The van der Waals surface area contributed by atoms with Crippen LogP contribution in [0.25, 0.3) is 0 Å². The van der Waals surface area contributed by atoms with E-state index in [-0.39, 0.29) is 24.7 Å². The van der Waals surface area contributed by atoms with Gasteiger partial charge in [0.15, 0.2) is 5.69 Å². The summed E-state index contributed by atoms with van der Waals surface area (Å²) in [5, 5.41) is 11.6. The van der Waals surface area contributed by atoms with Crippen molar-refractivity contribution in [2.75, 3.05) is 30.8 Å². The van der Waals surface area contributed by atoms with Gasteiger partial charge in [-0.2, -0.15) is 0 Å². The van der Waals surface area contributed by atoms with Gasteiger partial charge in [-0.3, -0.25) is 4.79 Å². The molecule has 0 aliphatic carbocycles. The molecule has 1 aromatic rings. The van der Waals surface area contributed by atoms with Crippen molar-refractivity contribution in [2.24, 2.45) is 5.73 Å². The third-order valence-corrected chi connectivity index (χ3v) is 1.93. The highest BCUT2D eigenvalue weighted by molar-refractivity contribution is 5.86. The Morgan fingerprint density at radius 2 is 2.17 bits per heavy atom. The molecule has 0 fully saturated rings. The molecule has 1 amide bonds. The van der Waals surface area contributed by atoms with Gasteiger partial charge < -0.3 is 26.6 Å². The van der Waals surface area contributed by atoms with Crippen LogP contribution in [-0.2, 0) is 9.53 Å². The van der Waals surface area contributed by atoms with Crippen LogP contribution >= 0.6 is 0 Å². The Hall–Kier alpha value is -2.35. The van der Waals surface area contributed by atoms with E-state index in [1.807, 2.05) is 0 Å². The molecule has 0 unspecified atom stereocenters. The number of nitrogen functional groups attached to an aromatic ring is 1. The van der Waals surface area contributed by atoms with Crippen LogP contribution in [0.2, 0.25) is 0 Å². The number of nitrogens with one attached hydrogen (secondary N) is 1. The van der Waals surface area contributed by atoms with Crippen molar-refractivity contribution in [1.29, 1.82) is 0 Å². The highest BCUT2D eigenvalue weighted by atomic mass is 16.5. The summed E-state index contributed by atoms with van der Waals surface area (Å²) in [4.78, 5) is 24.9. The molecule has 18 heavy (non-hydrogen) atoms. The highest BCUT2D eigenvalue weighted by Crippen LogP contribution is 2.15. The number of pyridine rings is 1. The SMILES string of the molecule is NC(=O)COCCNc1nc(C(=O)O)ccc1N. The maximum absolute atomic E-state index is 10.7. The van der Waals surface area contributed by atoms with Crippen molar-refractivity contribution in [3.05, 3.63) is 17.8 Å². The number of hydrogen-bond donors (Lipinski definition) is 4. The first kappa shape index (κ1) is 13.7. The zero-order valence-corrected chi connectivity index (χ0v) is 9.55. The van der Waals surface area contributed by atoms with Crippen molar-refractivity contribution in [3.8, 4) is 0 Å². The van der Waals surface area contributed by atoms with Crippen LogP contribution in [0.3, 0.4) is 0 Å². The lowest BCUT2D eigenvalue weighted by Gasteiger charge is -2.08. The summed E-state index contributed by atoms with van der Waals surface area (Å²) in [6, 6.07) is 2.76. The summed E-state index contributed by atoms with van der Waals surface area (Å²) < 4.78 is 4.91. The van der Waals surface area contributed by atoms with E-state index in [0.717, 1.165) is 0 Å². The Labute approximate surface area is 103 Å². The van der Waals surface area contributed by atoms with Gasteiger partial charge in [-0.1, -0.05) is 0 Å². The van der Waals surface area contributed by atoms with Crippen LogP contribution in [0.5, 0.6) is 0 Å². The lowest BCUT2D eigenvalue weighted by atomic mass is 10.3. The fourth-order valence-electron chi connectivity index (χ4n) is 1.14. The van der Waals surface area contributed by atoms with E-state index in [1.54, 1.807) is 0 Å². The lowest BCUT2D eigenvalue weighted by Crippen LogP contribution is -2.21. The first-order valence-corrected chi connectivity index (χ1v) is 5.10. The molecular weight excluding hydrogens is 240 g/mol. The quantitative estimate of drug-likeness (QED) is 0.470. The maximum Gasteiger partial charge on any atom is 0.354 e. The van der Waals surface area contributed by atoms with E-state index in [9.17, 15) is 9.59 Å².